The minimum absolute atomic E-state index is 0.0412. The average molecular weight is 210 g/mol. The number of benzene rings is 1. The summed E-state index contributed by atoms with van der Waals surface area (Å²) < 4.78 is 0. The van der Waals surface area contributed by atoms with Crippen molar-refractivity contribution in [1.29, 1.82) is 0 Å². The third-order valence-electron chi connectivity index (χ3n) is 2.46. The summed E-state index contributed by atoms with van der Waals surface area (Å²) >= 11 is 5.88. The molecule has 1 aliphatic rings. The zero-order chi connectivity index (χ0) is 10.1. The number of halogens is 1. The monoisotopic (exact) mass is 209 g/mol. The van der Waals surface area contributed by atoms with Crippen molar-refractivity contribution >= 4 is 17.5 Å². The van der Waals surface area contributed by atoms with Crippen molar-refractivity contribution in [3.8, 4) is 0 Å². The second-order valence-electron chi connectivity index (χ2n) is 3.70. The molecular formula is C11H12ClNO. The van der Waals surface area contributed by atoms with Gasteiger partial charge in [0.15, 0.2) is 0 Å². The molecule has 0 radical (unpaired) electrons. The highest BCUT2D eigenvalue weighted by molar-refractivity contribution is 6.30. The number of hydrogen-bond acceptors (Lipinski definition) is 1. The molecule has 1 N–H and O–H groups in total. The van der Waals surface area contributed by atoms with E-state index in [1.54, 1.807) is 6.92 Å². The van der Waals surface area contributed by atoms with Gasteiger partial charge >= 0.3 is 0 Å². The van der Waals surface area contributed by atoms with Gasteiger partial charge < -0.3 is 5.32 Å². The lowest BCUT2D eigenvalue weighted by Gasteiger charge is -2.01. The minimum Gasteiger partial charge on any atom is -0.353 e. The zero-order valence-corrected chi connectivity index (χ0v) is 8.71. The maximum atomic E-state index is 10.8. The fraction of sp³-hybridized carbons (Fsp3) is 0.364. The maximum Gasteiger partial charge on any atom is 0.217 e. The molecule has 0 aromatic heterocycles. The SMILES string of the molecule is CC(=O)NC1CC1c1cccc(Cl)c1. The first-order chi connectivity index (χ1) is 6.66. The summed E-state index contributed by atoms with van der Waals surface area (Å²) in [6, 6.07) is 8.14. The van der Waals surface area contributed by atoms with Gasteiger partial charge in [0.25, 0.3) is 0 Å². The molecule has 3 heteroatoms. The molecule has 0 bridgehead atoms. The van der Waals surface area contributed by atoms with Crippen LogP contribution in [0.5, 0.6) is 0 Å². The first-order valence-electron chi connectivity index (χ1n) is 4.69. The average Bonchev–Trinajstić information content (AvgIpc) is 2.82. The molecule has 1 aliphatic carbocycles. The Balaban J connectivity index is 2.02. The van der Waals surface area contributed by atoms with Gasteiger partial charge in [-0.05, 0) is 24.1 Å². The summed E-state index contributed by atoms with van der Waals surface area (Å²) in [7, 11) is 0. The van der Waals surface area contributed by atoms with Crippen LogP contribution in [0.15, 0.2) is 24.3 Å². The number of hydrogen-bond donors (Lipinski definition) is 1. The second-order valence-corrected chi connectivity index (χ2v) is 4.14. The van der Waals surface area contributed by atoms with E-state index in [-0.39, 0.29) is 5.91 Å². The summed E-state index contributed by atoms with van der Waals surface area (Å²) in [5, 5.41) is 3.66. The Morgan fingerprint density at radius 1 is 1.57 bits per heavy atom. The number of nitrogens with one attached hydrogen (secondary N) is 1. The maximum absolute atomic E-state index is 10.8. The van der Waals surface area contributed by atoms with Crippen LogP contribution in [0, 0.1) is 0 Å². The normalized spacial score (nSPS) is 24.4. The standard InChI is InChI=1S/C11H12ClNO/c1-7(14)13-11-6-10(11)8-3-2-4-9(12)5-8/h2-5,10-11H,6H2,1H3,(H,13,14). The van der Waals surface area contributed by atoms with Gasteiger partial charge in [0.05, 0.1) is 0 Å². The Morgan fingerprint density at radius 2 is 2.36 bits per heavy atom. The Bertz CT molecular complexity index is 364. The fourth-order valence-corrected chi connectivity index (χ4v) is 1.92. The highest BCUT2D eigenvalue weighted by Gasteiger charge is 2.38. The summed E-state index contributed by atoms with van der Waals surface area (Å²) in [5.41, 5.74) is 1.22. The van der Waals surface area contributed by atoms with Crippen molar-refractivity contribution in [2.24, 2.45) is 0 Å². The molecule has 0 aliphatic heterocycles. The van der Waals surface area contributed by atoms with Gasteiger partial charge in [0.1, 0.15) is 0 Å². The second kappa shape index (κ2) is 3.62. The van der Waals surface area contributed by atoms with Crippen LogP contribution in [-0.4, -0.2) is 11.9 Å². The summed E-state index contributed by atoms with van der Waals surface area (Å²) in [6.45, 7) is 1.55. The summed E-state index contributed by atoms with van der Waals surface area (Å²) in [4.78, 5) is 10.8. The van der Waals surface area contributed by atoms with Gasteiger partial charge in [-0.1, -0.05) is 23.7 Å². The Kier molecular flexibility index (Phi) is 2.46. The first kappa shape index (κ1) is 9.53. The van der Waals surface area contributed by atoms with Gasteiger partial charge in [-0.3, -0.25) is 4.79 Å². The summed E-state index contributed by atoms with van der Waals surface area (Å²) in [5.74, 6) is 0.497. The van der Waals surface area contributed by atoms with E-state index in [0.717, 1.165) is 11.4 Å². The highest BCUT2D eigenvalue weighted by atomic mass is 35.5. The van der Waals surface area contributed by atoms with E-state index in [2.05, 4.69) is 11.4 Å². The van der Waals surface area contributed by atoms with Crippen molar-refractivity contribution in [2.75, 3.05) is 0 Å². The van der Waals surface area contributed by atoms with Crippen LogP contribution in [-0.2, 0) is 4.79 Å². The molecule has 0 heterocycles. The van der Waals surface area contributed by atoms with E-state index in [1.807, 2.05) is 18.2 Å². The number of amides is 1. The molecule has 0 spiro atoms. The molecule has 1 aromatic carbocycles. The van der Waals surface area contributed by atoms with Crippen LogP contribution < -0.4 is 5.32 Å². The topological polar surface area (TPSA) is 29.1 Å². The largest absolute Gasteiger partial charge is 0.353 e. The highest BCUT2D eigenvalue weighted by Crippen LogP contribution is 2.41. The van der Waals surface area contributed by atoms with E-state index < -0.39 is 0 Å². The lowest BCUT2D eigenvalue weighted by Crippen LogP contribution is -2.23. The predicted molar refractivity (Wildman–Crippen MR) is 56.4 cm³/mol. The van der Waals surface area contributed by atoms with Crippen LogP contribution in [0.3, 0.4) is 0 Å². The predicted octanol–water partition coefficient (Wildman–Crippen LogP) is 2.33. The number of carbonyl (C=O) groups excluding carboxylic acids is 1. The smallest absolute Gasteiger partial charge is 0.217 e. The van der Waals surface area contributed by atoms with Gasteiger partial charge in [0.2, 0.25) is 5.91 Å². The van der Waals surface area contributed by atoms with Crippen LogP contribution in [0.1, 0.15) is 24.8 Å². The fourth-order valence-electron chi connectivity index (χ4n) is 1.72. The van der Waals surface area contributed by atoms with Crippen molar-refractivity contribution in [3.63, 3.8) is 0 Å². The van der Waals surface area contributed by atoms with Gasteiger partial charge in [-0.15, -0.1) is 0 Å². The Morgan fingerprint density at radius 3 is 3.00 bits per heavy atom. The molecule has 74 valence electrons. The molecule has 1 fully saturated rings. The minimum atomic E-state index is 0.0412. The van der Waals surface area contributed by atoms with Crippen LogP contribution >= 0.6 is 11.6 Å². The van der Waals surface area contributed by atoms with Crippen molar-refractivity contribution < 1.29 is 4.79 Å². The molecule has 14 heavy (non-hydrogen) atoms. The molecule has 2 rings (SSSR count). The molecule has 2 unspecified atom stereocenters. The van der Waals surface area contributed by atoms with Crippen molar-refractivity contribution in [2.45, 2.75) is 25.3 Å². The van der Waals surface area contributed by atoms with E-state index in [1.165, 1.54) is 5.56 Å². The van der Waals surface area contributed by atoms with E-state index in [9.17, 15) is 4.79 Å². The van der Waals surface area contributed by atoms with Crippen LogP contribution in [0.4, 0.5) is 0 Å². The van der Waals surface area contributed by atoms with Gasteiger partial charge in [-0.25, -0.2) is 0 Å². The van der Waals surface area contributed by atoms with E-state index in [0.29, 0.717) is 12.0 Å². The van der Waals surface area contributed by atoms with Crippen molar-refractivity contribution in [3.05, 3.63) is 34.9 Å². The lowest BCUT2D eigenvalue weighted by molar-refractivity contribution is -0.119. The zero-order valence-electron chi connectivity index (χ0n) is 7.96. The number of rotatable bonds is 2. The third-order valence-corrected chi connectivity index (χ3v) is 2.69. The molecular weight excluding hydrogens is 198 g/mol. The van der Waals surface area contributed by atoms with Gasteiger partial charge in [0, 0.05) is 23.9 Å². The quantitative estimate of drug-likeness (QED) is 0.796. The molecule has 1 aromatic rings. The van der Waals surface area contributed by atoms with Crippen LogP contribution in [0.25, 0.3) is 0 Å². The Labute approximate surface area is 88.3 Å². The van der Waals surface area contributed by atoms with Crippen LogP contribution in [0.2, 0.25) is 5.02 Å². The third kappa shape index (κ3) is 2.07. The first-order valence-corrected chi connectivity index (χ1v) is 5.07. The Hall–Kier alpha value is -1.02. The summed E-state index contributed by atoms with van der Waals surface area (Å²) in [6.07, 6.45) is 1.03. The molecule has 2 atom stereocenters. The molecule has 2 nitrogen and oxygen atoms in total. The number of carbonyl (C=O) groups is 1. The van der Waals surface area contributed by atoms with Gasteiger partial charge in [-0.2, -0.15) is 0 Å². The van der Waals surface area contributed by atoms with Crippen molar-refractivity contribution in [1.82, 2.24) is 5.32 Å². The molecule has 1 saturated carbocycles. The van der Waals surface area contributed by atoms with E-state index >= 15 is 0 Å². The molecule has 0 saturated heterocycles. The molecule has 1 amide bonds. The lowest BCUT2D eigenvalue weighted by atomic mass is 10.1. The van der Waals surface area contributed by atoms with E-state index in [4.69, 9.17) is 11.6 Å².